The quantitative estimate of drug-likeness (QED) is 0.280. The molecule has 1 unspecified atom stereocenters. The Morgan fingerprint density at radius 1 is 0.696 bits per heavy atom. The summed E-state index contributed by atoms with van der Waals surface area (Å²) in [6.07, 6.45) is 8.34. The van der Waals surface area contributed by atoms with Crippen LogP contribution in [0, 0.1) is 0 Å². The fourth-order valence-corrected chi connectivity index (χ4v) is 6.66. The van der Waals surface area contributed by atoms with E-state index in [9.17, 15) is 4.21 Å². The van der Waals surface area contributed by atoms with E-state index in [0.29, 0.717) is 19.8 Å². The molecular formula is C17H38O4SSi. The Bertz CT molecular complexity index is 273. The Morgan fingerprint density at radius 2 is 1.17 bits per heavy atom. The second kappa shape index (κ2) is 15.8. The van der Waals surface area contributed by atoms with Gasteiger partial charge in [-0.2, -0.15) is 0 Å². The van der Waals surface area contributed by atoms with E-state index in [2.05, 4.69) is 6.92 Å². The van der Waals surface area contributed by atoms with Crippen molar-refractivity contribution in [2.45, 2.75) is 78.7 Å². The highest BCUT2D eigenvalue weighted by Gasteiger charge is 2.39. The SMILES string of the molecule is CCCCCCCCS(=O)CCC[Si](OCC)(OCC)OCC. The van der Waals surface area contributed by atoms with Crippen LogP contribution in [-0.4, -0.2) is 44.3 Å². The summed E-state index contributed by atoms with van der Waals surface area (Å²) >= 11 is 0. The molecular weight excluding hydrogens is 328 g/mol. The first-order valence-corrected chi connectivity index (χ1v) is 12.8. The summed E-state index contributed by atoms with van der Waals surface area (Å²) in [4.78, 5) is 0. The molecule has 0 radical (unpaired) electrons. The third kappa shape index (κ3) is 12.3. The maximum absolute atomic E-state index is 12.1. The van der Waals surface area contributed by atoms with Gasteiger partial charge in [0.1, 0.15) is 0 Å². The second-order valence-corrected chi connectivity index (χ2v) is 10.1. The van der Waals surface area contributed by atoms with Gasteiger partial charge >= 0.3 is 8.80 Å². The molecule has 0 fully saturated rings. The molecule has 0 saturated carbocycles. The fraction of sp³-hybridized carbons (Fsp3) is 1.00. The summed E-state index contributed by atoms with van der Waals surface area (Å²) < 4.78 is 29.6. The molecule has 0 aliphatic heterocycles. The van der Waals surface area contributed by atoms with Crippen LogP contribution in [0.25, 0.3) is 0 Å². The van der Waals surface area contributed by atoms with Crippen molar-refractivity contribution in [1.29, 1.82) is 0 Å². The fourth-order valence-electron chi connectivity index (χ4n) is 2.60. The summed E-state index contributed by atoms with van der Waals surface area (Å²) in [5.41, 5.74) is 0. The topological polar surface area (TPSA) is 44.8 Å². The van der Waals surface area contributed by atoms with Crippen LogP contribution in [0.3, 0.4) is 0 Å². The third-order valence-electron chi connectivity index (χ3n) is 3.67. The van der Waals surface area contributed by atoms with Crippen LogP contribution in [0.5, 0.6) is 0 Å². The van der Waals surface area contributed by atoms with Gasteiger partial charge in [-0.25, -0.2) is 0 Å². The molecule has 0 aliphatic carbocycles. The molecule has 0 rings (SSSR count). The van der Waals surface area contributed by atoms with Crippen LogP contribution < -0.4 is 0 Å². The van der Waals surface area contributed by atoms with Gasteiger partial charge in [0, 0.05) is 48.2 Å². The first-order chi connectivity index (χ1) is 11.1. The zero-order valence-electron chi connectivity index (χ0n) is 15.7. The molecule has 1 atom stereocenters. The van der Waals surface area contributed by atoms with Crippen LogP contribution in [0.4, 0.5) is 0 Å². The predicted molar refractivity (Wildman–Crippen MR) is 101 cm³/mol. The van der Waals surface area contributed by atoms with Crippen LogP contribution in [0.1, 0.15) is 72.6 Å². The van der Waals surface area contributed by atoms with E-state index in [-0.39, 0.29) is 0 Å². The molecule has 0 saturated heterocycles. The molecule has 23 heavy (non-hydrogen) atoms. The van der Waals surface area contributed by atoms with Gasteiger partial charge in [-0.15, -0.1) is 0 Å². The van der Waals surface area contributed by atoms with Gasteiger partial charge in [0.05, 0.1) is 0 Å². The smallest absolute Gasteiger partial charge is 0.374 e. The van der Waals surface area contributed by atoms with Crippen molar-refractivity contribution in [1.82, 2.24) is 0 Å². The van der Waals surface area contributed by atoms with Crippen molar-refractivity contribution in [3.8, 4) is 0 Å². The van der Waals surface area contributed by atoms with E-state index in [1.807, 2.05) is 20.8 Å². The molecule has 0 aromatic heterocycles. The summed E-state index contributed by atoms with van der Waals surface area (Å²) in [6, 6.07) is 0.769. The average Bonchev–Trinajstić information content (AvgIpc) is 2.51. The summed E-state index contributed by atoms with van der Waals surface area (Å²) in [7, 11) is -3.27. The molecule has 140 valence electrons. The molecule has 4 nitrogen and oxygen atoms in total. The normalized spacial score (nSPS) is 13.4. The monoisotopic (exact) mass is 366 g/mol. The van der Waals surface area contributed by atoms with E-state index in [1.54, 1.807) is 0 Å². The molecule has 0 aromatic carbocycles. The first kappa shape index (κ1) is 23.2. The number of hydrogen-bond donors (Lipinski definition) is 0. The van der Waals surface area contributed by atoms with Crippen LogP contribution in [-0.2, 0) is 24.1 Å². The van der Waals surface area contributed by atoms with Crippen LogP contribution in [0.2, 0.25) is 6.04 Å². The minimum Gasteiger partial charge on any atom is -0.374 e. The molecule has 0 N–H and O–H groups in total. The average molecular weight is 367 g/mol. The molecule has 0 aromatic rings. The lowest BCUT2D eigenvalue weighted by Crippen LogP contribution is -2.46. The standard InChI is InChI=1S/C17H38O4SSi/c1-5-9-10-11-12-13-15-22(18)16-14-17-23(19-6-2,20-7-3)21-8-4/h5-17H2,1-4H3. The summed E-state index contributed by atoms with van der Waals surface area (Å²) in [5, 5.41) is 0. The maximum atomic E-state index is 12.1. The molecule has 0 spiro atoms. The minimum absolute atomic E-state index is 0.604. The van der Waals surface area contributed by atoms with E-state index in [1.165, 1.54) is 32.1 Å². The lowest BCUT2D eigenvalue weighted by Gasteiger charge is -2.28. The van der Waals surface area contributed by atoms with Crippen molar-refractivity contribution in [3.63, 3.8) is 0 Å². The Labute approximate surface area is 147 Å². The lowest BCUT2D eigenvalue weighted by molar-refractivity contribution is 0.0712. The van der Waals surface area contributed by atoms with Crippen molar-refractivity contribution in [2.24, 2.45) is 0 Å². The highest BCUT2D eigenvalue weighted by molar-refractivity contribution is 7.84. The Balaban J connectivity index is 3.95. The van der Waals surface area contributed by atoms with Crippen LogP contribution >= 0.6 is 0 Å². The molecule has 6 heteroatoms. The maximum Gasteiger partial charge on any atom is 0.500 e. The number of hydrogen-bond acceptors (Lipinski definition) is 4. The van der Waals surface area contributed by atoms with Gasteiger partial charge in [0.2, 0.25) is 0 Å². The summed E-state index contributed by atoms with van der Waals surface area (Å²) in [5.74, 6) is 1.56. The number of rotatable bonds is 17. The summed E-state index contributed by atoms with van der Waals surface area (Å²) in [6.45, 7) is 9.95. The van der Waals surface area contributed by atoms with E-state index < -0.39 is 19.6 Å². The van der Waals surface area contributed by atoms with Crippen molar-refractivity contribution < 1.29 is 17.5 Å². The second-order valence-electron chi connectivity index (χ2n) is 5.70. The molecule has 0 heterocycles. The van der Waals surface area contributed by atoms with Gasteiger partial charge in [-0.05, 0) is 33.6 Å². The minimum atomic E-state index is -2.55. The Kier molecular flexibility index (Phi) is 15.9. The van der Waals surface area contributed by atoms with Gasteiger partial charge in [-0.1, -0.05) is 39.0 Å². The Hall–Kier alpha value is 0.247. The van der Waals surface area contributed by atoms with E-state index in [0.717, 1.165) is 30.4 Å². The van der Waals surface area contributed by atoms with E-state index >= 15 is 0 Å². The van der Waals surface area contributed by atoms with Gasteiger partial charge in [0.15, 0.2) is 0 Å². The highest BCUT2D eigenvalue weighted by atomic mass is 32.2. The lowest BCUT2D eigenvalue weighted by atomic mass is 10.1. The van der Waals surface area contributed by atoms with Gasteiger partial charge in [-0.3, -0.25) is 4.21 Å². The van der Waals surface area contributed by atoms with Gasteiger partial charge in [0.25, 0.3) is 0 Å². The van der Waals surface area contributed by atoms with Crippen molar-refractivity contribution in [3.05, 3.63) is 0 Å². The van der Waals surface area contributed by atoms with Crippen LogP contribution in [0.15, 0.2) is 0 Å². The zero-order chi connectivity index (χ0) is 17.4. The first-order valence-electron chi connectivity index (χ1n) is 9.40. The van der Waals surface area contributed by atoms with Crippen molar-refractivity contribution in [2.75, 3.05) is 31.3 Å². The predicted octanol–water partition coefficient (Wildman–Crippen LogP) is 4.53. The molecule has 0 amide bonds. The number of unbranched alkanes of at least 4 members (excludes halogenated alkanes) is 5. The molecule has 0 bridgehead atoms. The largest absolute Gasteiger partial charge is 0.500 e. The Morgan fingerprint density at radius 3 is 1.70 bits per heavy atom. The highest BCUT2D eigenvalue weighted by Crippen LogP contribution is 2.18. The van der Waals surface area contributed by atoms with Crippen molar-refractivity contribution >= 4 is 19.6 Å². The van der Waals surface area contributed by atoms with E-state index in [4.69, 9.17) is 13.3 Å². The zero-order valence-corrected chi connectivity index (χ0v) is 17.6. The molecule has 0 aliphatic rings. The third-order valence-corrected chi connectivity index (χ3v) is 8.31. The van der Waals surface area contributed by atoms with Gasteiger partial charge < -0.3 is 13.3 Å².